The lowest BCUT2D eigenvalue weighted by molar-refractivity contribution is -0.122. The first-order valence-electron chi connectivity index (χ1n) is 6.89. The van der Waals surface area contributed by atoms with Crippen LogP contribution in [0.25, 0.3) is 0 Å². The molecule has 1 aliphatic heterocycles. The highest BCUT2D eigenvalue weighted by atomic mass is 32.1. The molecular weight excluding hydrogens is 270 g/mol. The zero-order valence-electron chi connectivity index (χ0n) is 12.0. The van der Waals surface area contributed by atoms with Crippen LogP contribution in [0.4, 0.5) is 5.69 Å². The summed E-state index contributed by atoms with van der Waals surface area (Å²) in [6.45, 7) is 5.61. The van der Waals surface area contributed by atoms with Crippen molar-refractivity contribution >= 4 is 28.9 Å². The van der Waals surface area contributed by atoms with E-state index in [-0.39, 0.29) is 11.8 Å². The zero-order chi connectivity index (χ0) is 14.7. The Bertz CT molecular complexity index is 510. The van der Waals surface area contributed by atoms with Crippen LogP contribution in [0.1, 0.15) is 24.0 Å². The minimum atomic E-state index is -0.232. The fourth-order valence-electron chi connectivity index (χ4n) is 2.64. The van der Waals surface area contributed by atoms with E-state index in [0.29, 0.717) is 11.7 Å². The Morgan fingerprint density at radius 2 is 2.00 bits per heavy atom. The number of piperidine rings is 1. The molecule has 1 atom stereocenters. The number of nitrogens with zero attached hydrogens (tertiary/aromatic N) is 1. The number of amides is 1. The summed E-state index contributed by atoms with van der Waals surface area (Å²) in [6.07, 6.45) is 1.81. The van der Waals surface area contributed by atoms with Gasteiger partial charge >= 0.3 is 0 Å². The van der Waals surface area contributed by atoms with Crippen molar-refractivity contribution < 1.29 is 4.79 Å². The Morgan fingerprint density at radius 1 is 1.35 bits per heavy atom. The van der Waals surface area contributed by atoms with Crippen LogP contribution >= 0.6 is 12.2 Å². The van der Waals surface area contributed by atoms with Crippen LogP contribution in [-0.4, -0.2) is 29.0 Å². The van der Waals surface area contributed by atoms with Gasteiger partial charge in [0, 0.05) is 18.8 Å². The molecule has 0 aromatic heterocycles. The fourth-order valence-corrected chi connectivity index (χ4v) is 2.93. The first-order valence-corrected chi connectivity index (χ1v) is 7.30. The number of anilines is 1. The summed E-state index contributed by atoms with van der Waals surface area (Å²) >= 11 is 5.44. The highest BCUT2D eigenvalue weighted by Crippen LogP contribution is 2.19. The quantitative estimate of drug-likeness (QED) is 0.820. The molecule has 0 radical (unpaired) electrons. The molecule has 5 heteroatoms. The van der Waals surface area contributed by atoms with Crippen molar-refractivity contribution in [1.29, 1.82) is 0 Å². The summed E-state index contributed by atoms with van der Waals surface area (Å²) in [7, 11) is 0. The summed E-state index contributed by atoms with van der Waals surface area (Å²) < 4.78 is 0. The van der Waals surface area contributed by atoms with Crippen LogP contribution in [0.2, 0.25) is 0 Å². The Morgan fingerprint density at radius 3 is 2.60 bits per heavy atom. The Balaban J connectivity index is 2.02. The van der Waals surface area contributed by atoms with Crippen molar-refractivity contribution in [1.82, 2.24) is 4.90 Å². The average molecular weight is 291 g/mol. The number of aryl methyl sites for hydroxylation is 2. The highest BCUT2D eigenvalue weighted by Gasteiger charge is 2.25. The molecule has 1 aliphatic rings. The van der Waals surface area contributed by atoms with Gasteiger partial charge in [0.2, 0.25) is 5.91 Å². The predicted molar refractivity (Wildman–Crippen MR) is 85.6 cm³/mol. The number of likely N-dealkylation sites (tertiary alicyclic amines) is 1. The standard InChI is InChI=1S/C15H21N3OS/c1-10-6-11(2)8-13(7-10)17-15(20)18-5-3-4-12(9-18)14(16)19/h6-8,12H,3-5,9H2,1-2H3,(H2,16,19)(H,17,20)/t12-/m1/s1. The number of hydrogen-bond acceptors (Lipinski definition) is 2. The highest BCUT2D eigenvalue weighted by molar-refractivity contribution is 7.80. The summed E-state index contributed by atoms with van der Waals surface area (Å²) in [6, 6.07) is 6.25. The molecule has 3 N–H and O–H groups in total. The number of primary amides is 1. The van der Waals surface area contributed by atoms with E-state index in [1.807, 2.05) is 4.90 Å². The summed E-state index contributed by atoms with van der Waals surface area (Å²) in [5.74, 6) is -0.327. The molecule has 20 heavy (non-hydrogen) atoms. The number of carbonyl (C=O) groups excluding carboxylic acids is 1. The van der Waals surface area contributed by atoms with Gasteiger partial charge in [0.25, 0.3) is 0 Å². The molecule has 1 aromatic rings. The van der Waals surface area contributed by atoms with E-state index < -0.39 is 0 Å². The van der Waals surface area contributed by atoms with Crippen molar-refractivity contribution in [2.24, 2.45) is 11.7 Å². The van der Waals surface area contributed by atoms with Crippen molar-refractivity contribution in [3.63, 3.8) is 0 Å². The molecule has 1 saturated heterocycles. The third-order valence-electron chi connectivity index (χ3n) is 3.58. The van der Waals surface area contributed by atoms with Gasteiger partial charge in [0.05, 0.1) is 5.92 Å². The maximum Gasteiger partial charge on any atom is 0.222 e. The van der Waals surface area contributed by atoms with Crippen LogP contribution in [0, 0.1) is 19.8 Å². The van der Waals surface area contributed by atoms with Crippen molar-refractivity contribution in [3.8, 4) is 0 Å². The van der Waals surface area contributed by atoms with Gasteiger partial charge in [0.15, 0.2) is 5.11 Å². The van der Waals surface area contributed by atoms with Gasteiger partial charge in [0.1, 0.15) is 0 Å². The molecular formula is C15H21N3OS. The molecule has 0 spiro atoms. The smallest absolute Gasteiger partial charge is 0.222 e. The number of benzene rings is 1. The minimum absolute atomic E-state index is 0.0947. The molecule has 4 nitrogen and oxygen atoms in total. The van der Waals surface area contributed by atoms with Crippen LogP contribution in [0.15, 0.2) is 18.2 Å². The van der Waals surface area contributed by atoms with E-state index >= 15 is 0 Å². The Kier molecular flexibility index (Phi) is 4.60. The van der Waals surface area contributed by atoms with E-state index in [1.54, 1.807) is 0 Å². The van der Waals surface area contributed by atoms with Crippen molar-refractivity contribution in [2.45, 2.75) is 26.7 Å². The molecule has 1 heterocycles. The first-order chi connectivity index (χ1) is 9.45. The Labute approximate surface area is 125 Å². The monoisotopic (exact) mass is 291 g/mol. The third-order valence-corrected chi connectivity index (χ3v) is 3.94. The molecule has 0 saturated carbocycles. The second kappa shape index (κ2) is 6.22. The van der Waals surface area contributed by atoms with Crippen LogP contribution in [-0.2, 0) is 4.79 Å². The number of nitrogens with one attached hydrogen (secondary N) is 1. The molecule has 108 valence electrons. The van der Waals surface area contributed by atoms with Gasteiger partial charge in [-0.25, -0.2) is 0 Å². The second-order valence-electron chi connectivity index (χ2n) is 5.49. The lowest BCUT2D eigenvalue weighted by Gasteiger charge is -2.33. The lowest BCUT2D eigenvalue weighted by Crippen LogP contribution is -2.45. The number of hydrogen-bond donors (Lipinski definition) is 2. The molecule has 1 fully saturated rings. The molecule has 0 unspecified atom stereocenters. The van der Waals surface area contributed by atoms with E-state index in [4.69, 9.17) is 18.0 Å². The number of thiocarbonyl (C=S) groups is 1. The van der Waals surface area contributed by atoms with E-state index in [1.165, 1.54) is 11.1 Å². The van der Waals surface area contributed by atoms with Gasteiger partial charge in [-0.1, -0.05) is 6.07 Å². The largest absolute Gasteiger partial charge is 0.369 e. The number of carbonyl (C=O) groups is 1. The van der Waals surface area contributed by atoms with Gasteiger partial charge in [-0.05, 0) is 62.2 Å². The van der Waals surface area contributed by atoms with Crippen LogP contribution in [0.3, 0.4) is 0 Å². The number of rotatable bonds is 2. The molecule has 1 aromatic carbocycles. The van der Waals surface area contributed by atoms with Crippen LogP contribution < -0.4 is 11.1 Å². The molecule has 1 amide bonds. The number of nitrogens with two attached hydrogens (primary N) is 1. The predicted octanol–water partition coefficient (Wildman–Crippen LogP) is 2.20. The fraction of sp³-hybridized carbons (Fsp3) is 0.467. The summed E-state index contributed by atoms with van der Waals surface area (Å²) in [5.41, 5.74) is 8.78. The molecule has 2 rings (SSSR count). The summed E-state index contributed by atoms with van der Waals surface area (Å²) in [4.78, 5) is 13.3. The van der Waals surface area contributed by atoms with Crippen LogP contribution in [0.5, 0.6) is 0 Å². The van der Waals surface area contributed by atoms with Gasteiger partial charge < -0.3 is 16.0 Å². The zero-order valence-corrected chi connectivity index (χ0v) is 12.8. The van der Waals surface area contributed by atoms with Gasteiger partial charge in [-0.2, -0.15) is 0 Å². The third kappa shape index (κ3) is 3.70. The maximum absolute atomic E-state index is 11.3. The first kappa shape index (κ1) is 14.8. The minimum Gasteiger partial charge on any atom is -0.369 e. The SMILES string of the molecule is Cc1cc(C)cc(NC(=S)N2CCC[C@@H](C(N)=O)C2)c1. The molecule has 0 aliphatic carbocycles. The molecule has 0 bridgehead atoms. The maximum atomic E-state index is 11.3. The van der Waals surface area contributed by atoms with Crippen molar-refractivity contribution in [3.05, 3.63) is 29.3 Å². The van der Waals surface area contributed by atoms with E-state index in [0.717, 1.165) is 25.1 Å². The van der Waals surface area contributed by atoms with E-state index in [9.17, 15) is 4.79 Å². The normalized spacial score (nSPS) is 18.7. The second-order valence-corrected chi connectivity index (χ2v) is 5.88. The van der Waals surface area contributed by atoms with E-state index in [2.05, 4.69) is 37.4 Å². The topological polar surface area (TPSA) is 58.4 Å². The summed E-state index contributed by atoms with van der Waals surface area (Å²) in [5, 5.41) is 3.93. The average Bonchev–Trinajstić information content (AvgIpc) is 2.37. The lowest BCUT2D eigenvalue weighted by atomic mass is 9.98. The van der Waals surface area contributed by atoms with Gasteiger partial charge in [-0.3, -0.25) is 4.79 Å². The van der Waals surface area contributed by atoms with Gasteiger partial charge in [-0.15, -0.1) is 0 Å². The van der Waals surface area contributed by atoms with Crippen molar-refractivity contribution in [2.75, 3.05) is 18.4 Å². The Hall–Kier alpha value is -1.62.